The minimum absolute atomic E-state index is 0.434. The predicted octanol–water partition coefficient (Wildman–Crippen LogP) is 11.7. The molecule has 0 radical (unpaired) electrons. The number of fused-ring (bicyclic) bond motifs is 6. The van der Waals surface area contributed by atoms with Gasteiger partial charge in [-0.1, -0.05) is 127 Å². The lowest BCUT2D eigenvalue weighted by molar-refractivity contribution is 0.669. The van der Waals surface area contributed by atoms with Crippen molar-refractivity contribution in [1.82, 2.24) is 0 Å². The first-order valence-corrected chi connectivity index (χ1v) is 15.0. The zero-order chi connectivity index (χ0) is 28.3. The Morgan fingerprint density at radius 2 is 1.14 bits per heavy atom. The van der Waals surface area contributed by atoms with Crippen LogP contribution >= 0.6 is 0 Å². The zero-order valence-electron chi connectivity index (χ0n) is 23.6. The van der Waals surface area contributed by atoms with Crippen LogP contribution in [0.2, 0.25) is 0 Å². The van der Waals surface area contributed by atoms with Crippen molar-refractivity contribution in [3.8, 4) is 22.3 Å². The van der Waals surface area contributed by atoms with Gasteiger partial charge in [0, 0.05) is 16.7 Å². The monoisotopic (exact) mass is 548 g/mol. The molecule has 1 atom stereocenters. The third kappa shape index (κ3) is 3.86. The van der Waals surface area contributed by atoms with Crippen LogP contribution in [0.3, 0.4) is 0 Å². The first-order valence-electron chi connectivity index (χ1n) is 15.0. The fourth-order valence-corrected chi connectivity index (χ4v) is 7.20. The molecule has 0 saturated carbocycles. The van der Waals surface area contributed by atoms with E-state index in [-0.39, 0.29) is 0 Å². The average Bonchev–Trinajstić information content (AvgIpc) is 3.45. The summed E-state index contributed by atoms with van der Waals surface area (Å²) in [6, 6.07) is 41.8. The number of hydrogen-bond donors (Lipinski definition) is 0. The third-order valence-corrected chi connectivity index (χ3v) is 9.20. The highest BCUT2D eigenvalue weighted by Gasteiger charge is 2.23. The van der Waals surface area contributed by atoms with Gasteiger partial charge in [0.25, 0.3) is 0 Å². The summed E-state index contributed by atoms with van der Waals surface area (Å²) in [7, 11) is 0. The molecule has 1 nitrogen and oxygen atoms in total. The number of para-hydroxylation sites is 1. The van der Waals surface area contributed by atoms with E-state index >= 15 is 0 Å². The van der Waals surface area contributed by atoms with Crippen molar-refractivity contribution in [2.45, 2.75) is 6.42 Å². The lowest BCUT2D eigenvalue weighted by Crippen LogP contribution is -2.07. The second-order valence-corrected chi connectivity index (χ2v) is 11.6. The summed E-state index contributed by atoms with van der Waals surface area (Å²) in [4.78, 5) is 0. The minimum Gasteiger partial charge on any atom is -0.456 e. The maximum atomic E-state index is 6.11. The van der Waals surface area contributed by atoms with Gasteiger partial charge in [-0.3, -0.25) is 0 Å². The lowest BCUT2D eigenvalue weighted by Gasteiger charge is -2.25. The Kier molecular flexibility index (Phi) is 5.39. The largest absolute Gasteiger partial charge is 0.456 e. The molecule has 0 spiro atoms. The van der Waals surface area contributed by atoms with Crippen molar-refractivity contribution >= 4 is 49.1 Å². The van der Waals surface area contributed by atoms with E-state index in [1.54, 1.807) is 0 Å². The fraction of sp³-hybridized carbons (Fsp3) is 0.0476. The first kappa shape index (κ1) is 24.2. The molecule has 0 N–H and O–H groups in total. The Morgan fingerprint density at radius 1 is 0.488 bits per heavy atom. The molecule has 7 aromatic rings. The maximum Gasteiger partial charge on any atom is 0.135 e. The summed E-state index contributed by atoms with van der Waals surface area (Å²) in [5, 5.41) is 7.51. The van der Waals surface area contributed by atoms with Crippen molar-refractivity contribution in [3.05, 3.63) is 163 Å². The van der Waals surface area contributed by atoms with Gasteiger partial charge >= 0.3 is 0 Å². The second-order valence-electron chi connectivity index (χ2n) is 11.6. The van der Waals surface area contributed by atoms with Gasteiger partial charge in [0.05, 0.1) is 0 Å². The minimum atomic E-state index is 0.434. The molecule has 0 amide bonds. The van der Waals surface area contributed by atoms with Gasteiger partial charge in [-0.2, -0.15) is 0 Å². The number of allylic oxidation sites excluding steroid dienone is 8. The molecule has 202 valence electrons. The van der Waals surface area contributed by atoms with E-state index in [1.165, 1.54) is 60.5 Å². The Hall–Kier alpha value is -5.40. The van der Waals surface area contributed by atoms with Crippen LogP contribution in [-0.2, 0) is 0 Å². The number of rotatable bonds is 3. The Balaban J connectivity index is 1.25. The summed E-state index contributed by atoms with van der Waals surface area (Å²) in [5.41, 5.74) is 10.9. The maximum absolute atomic E-state index is 6.11. The van der Waals surface area contributed by atoms with Crippen LogP contribution in [0.4, 0.5) is 0 Å². The predicted molar refractivity (Wildman–Crippen MR) is 182 cm³/mol. The molecule has 1 heterocycles. The van der Waals surface area contributed by atoms with E-state index in [0.717, 1.165) is 28.4 Å². The summed E-state index contributed by atoms with van der Waals surface area (Å²) in [6.07, 6.45) is 14.6. The van der Waals surface area contributed by atoms with Crippen LogP contribution in [-0.4, -0.2) is 0 Å². The van der Waals surface area contributed by atoms with E-state index in [0.29, 0.717) is 5.92 Å². The molecule has 43 heavy (non-hydrogen) atoms. The number of furan rings is 1. The van der Waals surface area contributed by atoms with Gasteiger partial charge < -0.3 is 4.42 Å². The molecule has 0 aliphatic heterocycles. The van der Waals surface area contributed by atoms with Crippen LogP contribution < -0.4 is 0 Å². The van der Waals surface area contributed by atoms with Gasteiger partial charge in [-0.25, -0.2) is 0 Å². The van der Waals surface area contributed by atoms with Crippen molar-refractivity contribution in [2.75, 3.05) is 0 Å². The second kappa shape index (κ2) is 9.58. The molecule has 1 unspecified atom stereocenters. The molecule has 0 saturated heterocycles. The molecule has 2 aliphatic rings. The van der Waals surface area contributed by atoms with Crippen LogP contribution in [0.1, 0.15) is 12.0 Å². The highest BCUT2D eigenvalue weighted by atomic mass is 16.3. The molecule has 0 bridgehead atoms. The summed E-state index contributed by atoms with van der Waals surface area (Å²) in [5.74, 6) is 0.434. The average molecular weight is 549 g/mol. The highest BCUT2D eigenvalue weighted by Crippen LogP contribution is 2.45. The van der Waals surface area contributed by atoms with Gasteiger partial charge in [-0.15, -0.1) is 0 Å². The third-order valence-electron chi connectivity index (χ3n) is 9.20. The van der Waals surface area contributed by atoms with Crippen LogP contribution in [0.25, 0.3) is 71.3 Å². The molecule has 1 aromatic heterocycles. The first-order chi connectivity index (χ1) is 21.3. The molecular formula is C42H28O. The van der Waals surface area contributed by atoms with Gasteiger partial charge in [0.2, 0.25) is 0 Å². The van der Waals surface area contributed by atoms with Crippen molar-refractivity contribution in [1.29, 1.82) is 0 Å². The standard InChI is InChI=1S/C42H28O/c1-2-11-28-24-32(21-20-27(28)10-1)42-36-17-5-3-15-34(36)41(35-16-4-6-18-37(35)42)31-13-9-12-29(25-31)30-22-23-40-38(26-30)33-14-7-8-19-39(33)43-40/h1-23,25-26,28H,24H2. The van der Waals surface area contributed by atoms with Crippen molar-refractivity contribution in [3.63, 3.8) is 0 Å². The van der Waals surface area contributed by atoms with E-state index < -0.39 is 0 Å². The zero-order valence-corrected chi connectivity index (χ0v) is 23.6. The SMILES string of the molecule is C1=CC2=CC=C(c3c4ccccc4c(-c4cccc(-c5ccc6oc7ccccc7c6c5)c4)c4ccccc34)CC2C=C1. The molecule has 6 aromatic carbocycles. The van der Waals surface area contributed by atoms with E-state index in [9.17, 15) is 0 Å². The smallest absolute Gasteiger partial charge is 0.135 e. The van der Waals surface area contributed by atoms with Crippen LogP contribution in [0.5, 0.6) is 0 Å². The molecular weight excluding hydrogens is 520 g/mol. The van der Waals surface area contributed by atoms with Gasteiger partial charge in [0.1, 0.15) is 11.2 Å². The lowest BCUT2D eigenvalue weighted by atomic mass is 9.78. The van der Waals surface area contributed by atoms with Crippen LogP contribution in [0, 0.1) is 5.92 Å². The number of benzene rings is 6. The number of hydrogen-bond acceptors (Lipinski definition) is 1. The van der Waals surface area contributed by atoms with Crippen molar-refractivity contribution in [2.24, 2.45) is 5.92 Å². The Morgan fingerprint density at radius 3 is 1.93 bits per heavy atom. The van der Waals surface area contributed by atoms with Gasteiger partial charge in [-0.05, 0) is 91.2 Å². The summed E-state index contributed by atoms with van der Waals surface area (Å²) < 4.78 is 6.11. The van der Waals surface area contributed by atoms with Crippen molar-refractivity contribution < 1.29 is 4.42 Å². The Labute approximate surface area is 250 Å². The highest BCUT2D eigenvalue weighted by molar-refractivity contribution is 6.19. The molecule has 1 heteroatoms. The molecule has 9 rings (SSSR count). The van der Waals surface area contributed by atoms with Crippen LogP contribution in [0.15, 0.2) is 162 Å². The summed E-state index contributed by atoms with van der Waals surface area (Å²) in [6.45, 7) is 0. The fourth-order valence-electron chi connectivity index (χ4n) is 7.20. The topological polar surface area (TPSA) is 13.1 Å². The Bertz CT molecular complexity index is 2320. The molecule has 2 aliphatic carbocycles. The molecule has 0 fully saturated rings. The van der Waals surface area contributed by atoms with E-state index in [2.05, 4.69) is 140 Å². The normalized spacial score (nSPS) is 16.1. The van der Waals surface area contributed by atoms with E-state index in [1.807, 2.05) is 12.1 Å². The summed E-state index contributed by atoms with van der Waals surface area (Å²) >= 11 is 0. The van der Waals surface area contributed by atoms with Gasteiger partial charge in [0.15, 0.2) is 0 Å². The quantitative estimate of drug-likeness (QED) is 0.200. The van der Waals surface area contributed by atoms with E-state index in [4.69, 9.17) is 4.42 Å².